The number of amides is 2. The van der Waals surface area contributed by atoms with E-state index >= 15 is 0 Å². The molecule has 3 saturated heterocycles. The fraction of sp³-hybridized carbons (Fsp3) is 0.680. The van der Waals surface area contributed by atoms with Gasteiger partial charge in [0.1, 0.15) is 6.10 Å². The molecule has 34 heavy (non-hydrogen) atoms. The molecule has 200 valence electrons. The third kappa shape index (κ3) is 12.9. The minimum absolute atomic E-state index is 0. The van der Waals surface area contributed by atoms with Crippen LogP contribution in [0.4, 0.5) is 0 Å². The second-order valence-electron chi connectivity index (χ2n) is 8.06. The van der Waals surface area contributed by atoms with Crippen LogP contribution in [0.25, 0.3) is 0 Å². The van der Waals surface area contributed by atoms with Crippen LogP contribution in [0.5, 0.6) is 0 Å². The van der Waals surface area contributed by atoms with Crippen LogP contribution < -0.4 is 0 Å². The summed E-state index contributed by atoms with van der Waals surface area (Å²) in [7, 11) is 3.22. The first kappa shape index (κ1) is 37.2. The number of likely N-dealkylation sites (N-methyl/N-ethyl adjacent to an activating group) is 1. The second-order valence-corrected chi connectivity index (χ2v) is 8.06. The molecule has 0 aromatic rings. The molecule has 2 amide bonds. The predicted molar refractivity (Wildman–Crippen MR) is 131 cm³/mol. The molecule has 0 N–H and O–H groups in total. The number of hydrogen-bond donors (Lipinski definition) is 0. The number of methoxy groups -OCH3 is 1. The first-order valence-electron chi connectivity index (χ1n) is 10.3. The van der Waals surface area contributed by atoms with Crippen molar-refractivity contribution < 1.29 is 55.8 Å². The van der Waals surface area contributed by atoms with Crippen LogP contribution in [0.3, 0.4) is 0 Å². The van der Waals surface area contributed by atoms with Crippen LogP contribution in [0.1, 0.15) is 64.7 Å². The van der Waals surface area contributed by atoms with E-state index in [9.17, 15) is 14.4 Å². The molecule has 9 heteroatoms. The Kier molecular flexibility index (Phi) is 19.7. The number of hydrogen-bond acceptors (Lipinski definition) is 7. The zero-order valence-corrected chi connectivity index (χ0v) is 22.3. The van der Waals surface area contributed by atoms with E-state index in [2.05, 4.69) is 18.2 Å². The molecule has 2 atom stereocenters. The summed E-state index contributed by atoms with van der Waals surface area (Å²) in [6.45, 7) is 15.7. The Morgan fingerprint density at radius 2 is 1.56 bits per heavy atom. The van der Waals surface area contributed by atoms with E-state index in [0.29, 0.717) is 35.1 Å². The third-order valence-electron chi connectivity index (χ3n) is 4.69. The van der Waals surface area contributed by atoms with Crippen molar-refractivity contribution in [3.63, 3.8) is 0 Å². The maximum atomic E-state index is 11.0. The van der Waals surface area contributed by atoms with Crippen molar-refractivity contribution in [3.8, 4) is 0 Å². The van der Waals surface area contributed by atoms with E-state index in [0.717, 1.165) is 24.7 Å². The summed E-state index contributed by atoms with van der Waals surface area (Å²) >= 11 is 0. The summed E-state index contributed by atoms with van der Waals surface area (Å²) in [6.07, 6.45) is 0.878. The molecule has 0 spiro atoms. The SMILES string of the molecule is C.C.C.C=C1CC(C)OC1=O.CC1=C(C)C(=O)N(C)C1=O.COCC1(C)COC1.[2H][C-]1OC1C.[W]. The largest absolute Gasteiger partial charge is 0.570 e. The molecule has 2 unspecified atom stereocenters. The average molecular weight is 657 g/mol. The van der Waals surface area contributed by atoms with Crippen LogP contribution in [-0.4, -0.2) is 68.9 Å². The molecule has 0 radical (unpaired) electrons. The zero-order valence-electron chi connectivity index (χ0n) is 20.4. The van der Waals surface area contributed by atoms with Crippen molar-refractivity contribution in [2.75, 3.05) is 34.0 Å². The molecule has 0 bridgehead atoms. The topological polar surface area (TPSA) is 94.7 Å². The van der Waals surface area contributed by atoms with Crippen LogP contribution in [0, 0.1) is 12.0 Å². The summed E-state index contributed by atoms with van der Waals surface area (Å²) in [5.41, 5.74) is 2.05. The molecule has 0 saturated carbocycles. The summed E-state index contributed by atoms with van der Waals surface area (Å²) in [6, 6.07) is 0. The van der Waals surface area contributed by atoms with E-state index in [1.54, 1.807) is 21.0 Å². The normalized spacial score (nSPS) is 23.9. The molecule has 0 aromatic heterocycles. The third-order valence-corrected chi connectivity index (χ3v) is 4.69. The van der Waals surface area contributed by atoms with E-state index < -0.39 is 0 Å². The van der Waals surface area contributed by atoms with Gasteiger partial charge in [-0.3, -0.25) is 14.5 Å². The van der Waals surface area contributed by atoms with Crippen molar-refractivity contribution in [3.05, 3.63) is 29.9 Å². The number of carbonyl (C=O) groups excluding carboxylic acids is 3. The molecule has 4 aliphatic heterocycles. The Hall–Kier alpha value is -1.34. The summed E-state index contributed by atoms with van der Waals surface area (Å²) in [5, 5.41) is 0. The van der Waals surface area contributed by atoms with Crippen LogP contribution in [0.2, 0.25) is 0 Å². The minimum atomic E-state index is -0.238. The Morgan fingerprint density at radius 1 is 1.15 bits per heavy atom. The van der Waals surface area contributed by atoms with Gasteiger partial charge in [-0.15, -0.1) is 0 Å². The number of cyclic esters (lactones) is 1. The molecule has 4 rings (SSSR count). The standard InChI is InChI=1S/C7H9NO2.C6H12O2.C6H8O2.C3H5O.3CH4.W/c1-4-5(2)7(10)8(3)6(4)9;1-6(3-7-2)4-8-5-6;1-4-3-5(2)8-6(4)7;1-3-2-4-3;;;;/h1-3H3;3-5H2,1-2H3;5H,1,3H2,2H3;2-3H,1H3;3*1H4;/q;;;-1;;;;/i;;;2D;;;;. The van der Waals surface area contributed by atoms with Crippen LogP contribution in [-0.2, 0) is 54.4 Å². The molecule has 0 aliphatic carbocycles. The number of rotatable bonds is 2. The van der Waals surface area contributed by atoms with Gasteiger partial charge in [-0.2, -0.15) is 7.95 Å². The molecule has 8 nitrogen and oxygen atoms in total. The summed E-state index contributed by atoms with van der Waals surface area (Å²) < 4.78 is 25.8. The Bertz CT molecular complexity index is 691. The van der Waals surface area contributed by atoms with Gasteiger partial charge in [-0.1, -0.05) is 48.8 Å². The van der Waals surface area contributed by atoms with Crippen molar-refractivity contribution in [1.29, 1.82) is 0 Å². The van der Waals surface area contributed by atoms with Gasteiger partial charge in [0.05, 0.1) is 19.8 Å². The predicted octanol–water partition coefficient (Wildman–Crippen LogP) is 4.34. The fourth-order valence-electron chi connectivity index (χ4n) is 2.60. The smallest absolute Gasteiger partial charge is 0.333 e. The monoisotopic (exact) mass is 657 g/mol. The first-order chi connectivity index (χ1) is 14.3. The van der Waals surface area contributed by atoms with Crippen molar-refractivity contribution in [2.45, 2.75) is 75.5 Å². The average Bonchev–Trinajstić information content (AvgIpc) is 3.21. The summed E-state index contributed by atoms with van der Waals surface area (Å²) in [5.74, 6) is -0.595. The number of nitrogens with zero attached hydrogens (tertiary/aromatic N) is 1. The number of esters is 1. The zero-order chi connectivity index (χ0) is 23.9. The van der Waals surface area contributed by atoms with E-state index in [1.807, 2.05) is 13.8 Å². The molecule has 4 heterocycles. The Morgan fingerprint density at radius 3 is 1.65 bits per heavy atom. The van der Waals surface area contributed by atoms with Gasteiger partial charge >= 0.3 is 5.97 Å². The van der Waals surface area contributed by atoms with Gasteiger partial charge < -0.3 is 18.9 Å². The maximum absolute atomic E-state index is 11.0. The van der Waals surface area contributed by atoms with E-state index in [-0.39, 0.29) is 73.3 Å². The Balaban J connectivity index is -0.000000180. The maximum Gasteiger partial charge on any atom is 0.333 e. The number of ether oxygens (including phenoxy) is 4. The number of carbonyl (C=O) groups is 3. The minimum Gasteiger partial charge on any atom is -0.570 e. The van der Waals surface area contributed by atoms with E-state index in [1.165, 1.54) is 7.05 Å². The van der Waals surface area contributed by atoms with Crippen molar-refractivity contribution in [1.82, 2.24) is 4.90 Å². The van der Waals surface area contributed by atoms with Crippen LogP contribution in [0.15, 0.2) is 23.3 Å². The van der Waals surface area contributed by atoms with Gasteiger partial charge in [0.2, 0.25) is 0 Å². The van der Waals surface area contributed by atoms with Gasteiger partial charge in [0, 0.05) is 63.8 Å². The summed E-state index contributed by atoms with van der Waals surface area (Å²) in [4.78, 5) is 33.5. The Labute approximate surface area is 223 Å². The van der Waals surface area contributed by atoms with Crippen molar-refractivity contribution >= 4 is 17.8 Å². The van der Waals surface area contributed by atoms with Gasteiger partial charge in [0.25, 0.3) is 11.8 Å². The molecule has 4 aliphatic rings. The quantitative estimate of drug-likeness (QED) is 0.144. The molecule has 3 fully saturated rings. The molecular weight excluding hydrogens is 610 g/mol. The first-order valence-corrected chi connectivity index (χ1v) is 9.78. The van der Waals surface area contributed by atoms with Gasteiger partial charge in [-0.05, 0) is 20.8 Å². The number of epoxide rings is 1. The molecular formula is C25H46NO7W-. The molecule has 0 aromatic carbocycles. The van der Waals surface area contributed by atoms with Crippen LogP contribution >= 0.6 is 0 Å². The van der Waals surface area contributed by atoms with Gasteiger partial charge in [0.15, 0.2) is 0 Å². The van der Waals surface area contributed by atoms with E-state index in [4.69, 9.17) is 15.6 Å². The van der Waals surface area contributed by atoms with Crippen molar-refractivity contribution in [2.24, 2.45) is 5.41 Å². The number of imide groups is 1. The van der Waals surface area contributed by atoms with Gasteiger partial charge in [-0.25, -0.2) is 4.79 Å². The second kappa shape index (κ2) is 18.0. The fourth-order valence-corrected chi connectivity index (χ4v) is 2.60.